The van der Waals surface area contributed by atoms with Crippen LogP contribution in [0.2, 0.25) is 0 Å². The van der Waals surface area contributed by atoms with Gasteiger partial charge in [0.2, 0.25) is 5.91 Å². The third-order valence-electron chi connectivity index (χ3n) is 3.62. The monoisotopic (exact) mass is 264 g/mol. The molecule has 1 saturated carbocycles. The summed E-state index contributed by atoms with van der Waals surface area (Å²) in [5.41, 5.74) is 6.17. The molecule has 5 heteroatoms. The molecule has 0 spiro atoms. The van der Waals surface area contributed by atoms with Crippen LogP contribution in [0, 0.1) is 0 Å². The van der Waals surface area contributed by atoms with Crippen LogP contribution in [-0.4, -0.2) is 25.7 Å². The zero-order valence-electron chi connectivity index (χ0n) is 11.4. The Hall–Kier alpha value is -1.75. The van der Waals surface area contributed by atoms with Crippen molar-refractivity contribution in [2.24, 2.45) is 5.73 Å². The third-order valence-corrected chi connectivity index (χ3v) is 3.62. The largest absolute Gasteiger partial charge is 0.497 e. The molecule has 0 aliphatic heterocycles. The van der Waals surface area contributed by atoms with Gasteiger partial charge >= 0.3 is 0 Å². The van der Waals surface area contributed by atoms with Gasteiger partial charge in [-0.15, -0.1) is 0 Å². The molecule has 0 radical (unpaired) electrons. The van der Waals surface area contributed by atoms with Gasteiger partial charge in [-0.05, 0) is 37.5 Å². The Bertz CT molecular complexity index is 470. The molecule has 2 rings (SSSR count). The molecule has 0 heterocycles. The fourth-order valence-electron chi connectivity index (χ4n) is 2.16. The van der Waals surface area contributed by atoms with Crippen LogP contribution in [0.4, 0.5) is 0 Å². The number of nitrogens with one attached hydrogen (secondary N) is 1. The van der Waals surface area contributed by atoms with Crippen LogP contribution in [0.5, 0.6) is 11.5 Å². The Morgan fingerprint density at radius 3 is 2.63 bits per heavy atom. The number of benzene rings is 1. The van der Waals surface area contributed by atoms with Crippen molar-refractivity contribution in [2.75, 3.05) is 14.2 Å². The minimum atomic E-state index is -0.675. The van der Waals surface area contributed by atoms with Gasteiger partial charge in [-0.3, -0.25) is 4.79 Å². The number of methoxy groups -OCH3 is 2. The average molecular weight is 264 g/mol. The summed E-state index contributed by atoms with van der Waals surface area (Å²) in [5.74, 6) is 1.36. The molecule has 0 unspecified atom stereocenters. The number of carbonyl (C=O) groups is 1. The zero-order chi connectivity index (χ0) is 13.9. The number of amides is 1. The molecule has 1 aromatic carbocycles. The van der Waals surface area contributed by atoms with E-state index in [1.165, 1.54) is 0 Å². The lowest BCUT2D eigenvalue weighted by atomic mass is 9.77. The van der Waals surface area contributed by atoms with Crippen LogP contribution in [-0.2, 0) is 11.3 Å². The predicted molar refractivity (Wildman–Crippen MR) is 72.2 cm³/mol. The van der Waals surface area contributed by atoms with Gasteiger partial charge in [-0.2, -0.15) is 0 Å². The minimum absolute atomic E-state index is 0.0939. The van der Waals surface area contributed by atoms with E-state index in [1.807, 2.05) is 18.2 Å². The predicted octanol–water partition coefficient (Wildman–Crippen LogP) is 1.20. The quantitative estimate of drug-likeness (QED) is 0.838. The van der Waals surface area contributed by atoms with Crippen LogP contribution >= 0.6 is 0 Å². The van der Waals surface area contributed by atoms with E-state index in [2.05, 4.69) is 5.32 Å². The number of nitrogens with two attached hydrogens (primary N) is 1. The van der Waals surface area contributed by atoms with Crippen LogP contribution in [0.1, 0.15) is 24.8 Å². The minimum Gasteiger partial charge on any atom is -0.497 e. The molecule has 19 heavy (non-hydrogen) atoms. The van der Waals surface area contributed by atoms with Gasteiger partial charge in [0, 0.05) is 12.1 Å². The highest BCUT2D eigenvalue weighted by Gasteiger charge is 2.39. The summed E-state index contributed by atoms with van der Waals surface area (Å²) in [7, 11) is 3.21. The van der Waals surface area contributed by atoms with Crippen LogP contribution in [0.25, 0.3) is 0 Å². The first kappa shape index (κ1) is 13.7. The van der Waals surface area contributed by atoms with Gasteiger partial charge in [0.05, 0.1) is 19.8 Å². The first-order chi connectivity index (χ1) is 9.09. The van der Waals surface area contributed by atoms with E-state index in [-0.39, 0.29) is 5.91 Å². The average Bonchev–Trinajstić information content (AvgIpc) is 2.41. The second-order valence-electron chi connectivity index (χ2n) is 4.87. The summed E-state index contributed by atoms with van der Waals surface area (Å²) >= 11 is 0. The Kier molecular flexibility index (Phi) is 3.95. The Morgan fingerprint density at radius 1 is 1.37 bits per heavy atom. The van der Waals surface area contributed by atoms with Crippen molar-refractivity contribution < 1.29 is 14.3 Å². The number of ether oxygens (including phenoxy) is 2. The highest BCUT2D eigenvalue weighted by Crippen LogP contribution is 2.29. The van der Waals surface area contributed by atoms with Crippen molar-refractivity contribution in [3.05, 3.63) is 23.8 Å². The van der Waals surface area contributed by atoms with Crippen LogP contribution in [0.3, 0.4) is 0 Å². The molecule has 104 valence electrons. The summed E-state index contributed by atoms with van der Waals surface area (Å²) in [5, 5.41) is 2.87. The standard InChI is InChI=1S/C14H20N2O3/c1-18-11-4-5-12(19-2)10(8-11)9-16-13(17)14(15)6-3-7-14/h4-5,8H,3,6-7,9,15H2,1-2H3,(H,16,17). The topological polar surface area (TPSA) is 73.6 Å². The van der Waals surface area contributed by atoms with Crippen molar-refractivity contribution in [1.82, 2.24) is 5.32 Å². The lowest BCUT2D eigenvalue weighted by Crippen LogP contribution is -2.58. The van der Waals surface area contributed by atoms with E-state index >= 15 is 0 Å². The molecule has 0 bridgehead atoms. The van der Waals surface area contributed by atoms with Crippen molar-refractivity contribution in [2.45, 2.75) is 31.3 Å². The number of rotatable bonds is 5. The zero-order valence-corrected chi connectivity index (χ0v) is 11.4. The molecule has 0 atom stereocenters. The van der Waals surface area contributed by atoms with Crippen LogP contribution < -0.4 is 20.5 Å². The summed E-state index contributed by atoms with van der Waals surface area (Å²) in [6.07, 6.45) is 2.54. The molecule has 1 fully saturated rings. The molecule has 1 aliphatic carbocycles. The Balaban J connectivity index is 2.03. The second-order valence-corrected chi connectivity index (χ2v) is 4.87. The number of hydrogen-bond acceptors (Lipinski definition) is 4. The molecule has 0 saturated heterocycles. The molecule has 5 nitrogen and oxygen atoms in total. The number of carbonyl (C=O) groups excluding carboxylic acids is 1. The van der Waals surface area contributed by atoms with Gasteiger partial charge in [-0.25, -0.2) is 0 Å². The van der Waals surface area contributed by atoms with Gasteiger partial charge in [0.15, 0.2) is 0 Å². The fraction of sp³-hybridized carbons (Fsp3) is 0.500. The fourth-order valence-corrected chi connectivity index (χ4v) is 2.16. The van der Waals surface area contributed by atoms with Crippen molar-refractivity contribution >= 4 is 5.91 Å². The first-order valence-corrected chi connectivity index (χ1v) is 6.37. The molecule has 1 aromatic rings. The summed E-state index contributed by atoms with van der Waals surface area (Å²) in [6.45, 7) is 0.387. The lowest BCUT2D eigenvalue weighted by molar-refractivity contribution is -0.129. The molecule has 1 aliphatic rings. The second kappa shape index (κ2) is 5.48. The number of hydrogen-bond donors (Lipinski definition) is 2. The molecule has 0 aromatic heterocycles. The smallest absolute Gasteiger partial charge is 0.240 e. The molecular weight excluding hydrogens is 244 g/mol. The normalized spacial score (nSPS) is 16.4. The molecule has 1 amide bonds. The highest BCUT2D eigenvalue weighted by molar-refractivity contribution is 5.87. The van der Waals surface area contributed by atoms with Gasteiger partial charge in [0.25, 0.3) is 0 Å². The third kappa shape index (κ3) is 2.81. The Morgan fingerprint density at radius 2 is 2.11 bits per heavy atom. The summed E-state index contributed by atoms with van der Waals surface area (Å²) in [4.78, 5) is 12.0. The van der Waals surface area contributed by atoms with Crippen molar-refractivity contribution in [3.63, 3.8) is 0 Å². The van der Waals surface area contributed by atoms with E-state index in [4.69, 9.17) is 15.2 Å². The van der Waals surface area contributed by atoms with E-state index in [9.17, 15) is 4.79 Å². The summed E-state index contributed by atoms with van der Waals surface area (Å²) in [6, 6.07) is 5.49. The molecule has 3 N–H and O–H groups in total. The van der Waals surface area contributed by atoms with Crippen molar-refractivity contribution in [1.29, 1.82) is 0 Å². The van der Waals surface area contributed by atoms with E-state index < -0.39 is 5.54 Å². The maximum Gasteiger partial charge on any atom is 0.240 e. The van der Waals surface area contributed by atoms with Crippen molar-refractivity contribution in [3.8, 4) is 11.5 Å². The first-order valence-electron chi connectivity index (χ1n) is 6.37. The van der Waals surface area contributed by atoms with Crippen LogP contribution in [0.15, 0.2) is 18.2 Å². The van der Waals surface area contributed by atoms with E-state index in [1.54, 1.807) is 14.2 Å². The lowest BCUT2D eigenvalue weighted by Gasteiger charge is -2.36. The molecular formula is C14H20N2O3. The summed E-state index contributed by atoms with van der Waals surface area (Å²) < 4.78 is 10.4. The van der Waals surface area contributed by atoms with E-state index in [0.717, 1.165) is 36.3 Å². The SMILES string of the molecule is COc1ccc(OC)c(CNC(=O)C2(N)CCC2)c1. The maximum absolute atomic E-state index is 12.0. The van der Waals surface area contributed by atoms with Gasteiger partial charge in [0.1, 0.15) is 11.5 Å². The highest BCUT2D eigenvalue weighted by atomic mass is 16.5. The van der Waals surface area contributed by atoms with Gasteiger partial charge in [-0.1, -0.05) is 0 Å². The van der Waals surface area contributed by atoms with Gasteiger partial charge < -0.3 is 20.5 Å². The Labute approximate surface area is 113 Å². The van der Waals surface area contributed by atoms with E-state index in [0.29, 0.717) is 6.54 Å². The maximum atomic E-state index is 12.0.